The maximum absolute atomic E-state index is 13.1. The van der Waals surface area contributed by atoms with Gasteiger partial charge in [-0.05, 0) is 71.3 Å². The van der Waals surface area contributed by atoms with Gasteiger partial charge in [-0.3, -0.25) is 4.79 Å². The van der Waals surface area contributed by atoms with Gasteiger partial charge in [-0.25, -0.2) is 0 Å². The van der Waals surface area contributed by atoms with Crippen molar-refractivity contribution in [1.82, 2.24) is 0 Å². The second-order valence-electron chi connectivity index (χ2n) is 7.40. The summed E-state index contributed by atoms with van der Waals surface area (Å²) in [5.41, 5.74) is 4.14. The number of hydrogen-bond donors (Lipinski definition) is 1. The van der Waals surface area contributed by atoms with Crippen molar-refractivity contribution in [2.75, 3.05) is 19.5 Å². The van der Waals surface area contributed by atoms with Gasteiger partial charge >= 0.3 is 0 Å². The minimum Gasteiger partial charge on any atom is -0.493 e. The van der Waals surface area contributed by atoms with Gasteiger partial charge < -0.3 is 14.8 Å². The van der Waals surface area contributed by atoms with Gasteiger partial charge in [-0.1, -0.05) is 53.0 Å². The van der Waals surface area contributed by atoms with E-state index in [-0.39, 0.29) is 5.91 Å². The fourth-order valence-electron chi connectivity index (χ4n) is 3.57. The van der Waals surface area contributed by atoms with Crippen molar-refractivity contribution < 1.29 is 14.3 Å². The normalized spacial score (nSPS) is 10.8. The number of carbonyl (C=O) groups excluding carboxylic acids is 1. The number of fused-ring (bicyclic) bond motifs is 1. The van der Waals surface area contributed by atoms with Crippen molar-refractivity contribution in [3.63, 3.8) is 0 Å². The average molecular weight is 466 g/mol. The fraction of sp³-hybridized carbons (Fsp3) is 0.115. The van der Waals surface area contributed by atoms with E-state index in [1.54, 1.807) is 32.4 Å². The largest absolute Gasteiger partial charge is 0.493 e. The quantitative estimate of drug-likeness (QED) is 0.334. The Morgan fingerprint density at radius 1 is 0.812 bits per heavy atom. The summed E-state index contributed by atoms with van der Waals surface area (Å²) in [5, 5.41) is 5.51. The van der Waals surface area contributed by atoms with E-state index in [4.69, 9.17) is 32.7 Å². The molecule has 4 nitrogen and oxygen atoms in total. The molecule has 0 saturated heterocycles. The monoisotopic (exact) mass is 465 g/mol. The zero-order valence-corrected chi connectivity index (χ0v) is 19.3. The molecule has 0 aromatic heterocycles. The zero-order valence-electron chi connectivity index (χ0n) is 17.8. The third-order valence-electron chi connectivity index (χ3n) is 5.26. The predicted octanol–water partition coefficient (Wildman–Crippen LogP) is 7.39. The number of methoxy groups -OCH3 is 2. The van der Waals surface area contributed by atoms with Crippen LogP contribution in [0.3, 0.4) is 0 Å². The highest BCUT2D eigenvalue weighted by Crippen LogP contribution is 2.38. The van der Waals surface area contributed by atoms with Crippen LogP contribution in [0.15, 0.2) is 66.7 Å². The number of ether oxygens (including phenoxy) is 2. The van der Waals surface area contributed by atoms with Crippen LogP contribution >= 0.6 is 23.2 Å². The summed E-state index contributed by atoms with van der Waals surface area (Å²) in [6.45, 7) is 2.04. The number of hydrogen-bond acceptors (Lipinski definition) is 3. The molecular weight excluding hydrogens is 445 g/mol. The number of benzene rings is 4. The molecule has 0 saturated carbocycles. The maximum atomic E-state index is 13.1. The molecule has 1 N–H and O–H groups in total. The molecule has 1 amide bonds. The number of rotatable bonds is 5. The van der Waals surface area contributed by atoms with Gasteiger partial charge in [0.25, 0.3) is 5.91 Å². The third kappa shape index (κ3) is 4.38. The van der Waals surface area contributed by atoms with Crippen LogP contribution in [0.2, 0.25) is 10.0 Å². The molecule has 4 aromatic rings. The van der Waals surface area contributed by atoms with Crippen LogP contribution in [0.5, 0.6) is 11.5 Å². The summed E-state index contributed by atoms with van der Waals surface area (Å²) in [5.74, 6) is 0.965. The van der Waals surface area contributed by atoms with Gasteiger partial charge in [-0.2, -0.15) is 0 Å². The molecule has 162 valence electrons. The molecule has 6 heteroatoms. The highest BCUT2D eigenvalue weighted by atomic mass is 35.5. The lowest BCUT2D eigenvalue weighted by molar-refractivity contribution is 0.102. The maximum Gasteiger partial charge on any atom is 0.255 e. The van der Waals surface area contributed by atoms with Crippen LogP contribution in [0.25, 0.3) is 21.9 Å². The summed E-state index contributed by atoms with van der Waals surface area (Å²) in [6, 6.07) is 20.7. The summed E-state index contributed by atoms with van der Waals surface area (Å²) in [4.78, 5) is 13.1. The Labute approximate surface area is 196 Å². The fourth-order valence-corrected chi connectivity index (χ4v) is 3.87. The van der Waals surface area contributed by atoms with E-state index in [2.05, 4.69) is 5.32 Å². The van der Waals surface area contributed by atoms with Crippen molar-refractivity contribution in [2.45, 2.75) is 6.92 Å². The molecule has 0 spiro atoms. The first-order valence-corrected chi connectivity index (χ1v) is 10.7. The third-order valence-corrected chi connectivity index (χ3v) is 6.00. The Bertz CT molecular complexity index is 1320. The van der Waals surface area contributed by atoms with Crippen molar-refractivity contribution in [3.8, 4) is 22.6 Å². The molecule has 0 bridgehead atoms. The molecule has 32 heavy (non-hydrogen) atoms. The lowest BCUT2D eigenvalue weighted by Gasteiger charge is -2.15. The van der Waals surface area contributed by atoms with Crippen LogP contribution < -0.4 is 14.8 Å². The molecule has 0 heterocycles. The Morgan fingerprint density at radius 2 is 1.50 bits per heavy atom. The van der Waals surface area contributed by atoms with Gasteiger partial charge in [-0.15, -0.1) is 0 Å². The molecule has 4 rings (SSSR count). The number of amides is 1. The molecule has 4 aromatic carbocycles. The Balaban J connectivity index is 1.86. The lowest BCUT2D eigenvalue weighted by Crippen LogP contribution is -2.12. The zero-order chi connectivity index (χ0) is 22.8. The van der Waals surface area contributed by atoms with Crippen LogP contribution in [-0.4, -0.2) is 20.1 Å². The molecule has 0 fully saturated rings. The molecule has 0 aliphatic carbocycles. The van der Waals surface area contributed by atoms with Crippen LogP contribution in [0.1, 0.15) is 15.9 Å². The number of aryl methyl sites for hydroxylation is 1. The summed E-state index contributed by atoms with van der Waals surface area (Å²) in [7, 11) is 3.19. The molecule has 0 aliphatic heterocycles. The minimum absolute atomic E-state index is 0.256. The lowest BCUT2D eigenvalue weighted by atomic mass is 9.94. The smallest absolute Gasteiger partial charge is 0.255 e. The van der Waals surface area contributed by atoms with E-state index in [1.807, 2.05) is 55.5 Å². The van der Waals surface area contributed by atoms with Gasteiger partial charge in [0.2, 0.25) is 0 Å². The minimum atomic E-state index is -0.256. The molecule has 0 aliphatic rings. The van der Waals surface area contributed by atoms with Crippen molar-refractivity contribution in [2.24, 2.45) is 0 Å². The summed E-state index contributed by atoms with van der Waals surface area (Å²) in [6.07, 6.45) is 0. The van der Waals surface area contributed by atoms with E-state index < -0.39 is 0 Å². The van der Waals surface area contributed by atoms with Gasteiger partial charge in [0.05, 0.1) is 24.3 Å². The predicted molar refractivity (Wildman–Crippen MR) is 132 cm³/mol. The van der Waals surface area contributed by atoms with Gasteiger partial charge in [0.1, 0.15) is 0 Å². The topological polar surface area (TPSA) is 47.6 Å². The van der Waals surface area contributed by atoms with Crippen molar-refractivity contribution in [1.29, 1.82) is 0 Å². The SMILES string of the molecule is COc1cc2cc(C(=O)Nc3ccc(Cl)c(Cl)c3)cc(-c3ccc(C)cc3)c2cc1OC. The van der Waals surface area contributed by atoms with Crippen LogP contribution in [0.4, 0.5) is 5.69 Å². The van der Waals surface area contributed by atoms with Crippen LogP contribution in [-0.2, 0) is 0 Å². The number of halogens is 2. The molecule has 0 radical (unpaired) electrons. The Morgan fingerprint density at radius 3 is 2.16 bits per heavy atom. The van der Waals surface area contributed by atoms with Crippen LogP contribution in [0, 0.1) is 6.92 Å². The first-order valence-electron chi connectivity index (χ1n) is 9.93. The van der Waals surface area contributed by atoms with E-state index in [1.165, 1.54) is 0 Å². The molecule has 0 atom stereocenters. The number of nitrogens with one attached hydrogen (secondary N) is 1. The molecular formula is C26H21Cl2NO3. The van der Waals surface area contributed by atoms with Crippen molar-refractivity contribution in [3.05, 3.63) is 87.9 Å². The second-order valence-corrected chi connectivity index (χ2v) is 8.22. The Hall–Kier alpha value is -3.21. The summed E-state index contributed by atoms with van der Waals surface area (Å²) >= 11 is 12.1. The van der Waals surface area contributed by atoms with E-state index in [0.29, 0.717) is 32.8 Å². The number of carbonyl (C=O) groups is 1. The van der Waals surface area contributed by atoms with Gasteiger partial charge in [0.15, 0.2) is 11.5 Å². The van der Waals surface area contributed by atoms with E-state index in [0.717, 1.165) is 27.5 Å². The first kappa shape index (κ1) is 22.0. The molecule has 0 unspecified atom stereocenters. The highest BCUT2D eigenvalue weighted by Gasteiger charge is 2.16. The Kier molecular flexibility index (Phi) is 6.26. The second kappa shape index (κ2) is 9.11. The standard InChI is InChI=1S/C26H21Cl2NO3/c1-15-4-6-16(7-5-15)20-11-18(26(30)29-19-8-9-22(27)23(28)13-19)10-17-12-24(31-2)25(32-3)14-21(17)20/h4-14H,1-3H3,(H,29,30). The average Bonchev–Trinajstić information content (AvgIpc) is 2.80. The first-order chi connectivity index (χ1) is 15.4. The van der Waals surface area contributed by atoms with E-state index >= 15 is 0 Å². The van der Waals surface area contributed by atoms with Gasteiger partial charge in [0, 0.05) is 11.3 Å². The van der Waals surface area contributed by atoms with Crippen molar-refractivity contribution >= 4 is 45.6 Å². The van der Waals surface area contributed by atoms with E-state index in [9.17, 15) is 4.79 Å². The number of anilines is 1. The summed E-state index contributed by atoms with van der Waals surface area (Å²) < 4.78 is 11.0. The highest BCUT2D eigenvalue weighted by molar-refractivity contribution is 6.42.